The van der Waals surface area contributed by atoms with E-state index in [0.717, 1.165) is 0 Å². The molecule has 0 bridgehead atoms. The maximum atomic E-state index is 9.11. The molecule has 11 heavy (non-hydrogen) atoms. The van der Waals surface area contributed by atoms with Crippen LogP contribution in [0.3, 0.4) is 0 Å². The Morgan fingerprint density at radius 3 is 2.45 bits per heavy atom. The van der Waals surface area contributed by atoms with Gasteiger partial charge >= 0.3 is 0 Å². The highest BCUT2D eigenvalue weighted by molar-refractivity contribution is 4.81. The standard InChI is InChI=1S/C6H12O5/c7-2-4-6(10)3(8)1-5(9)11-4/h3-10H,1-2H2/t3-,4+,5-,6+/m0/s1. The monoisotopic (exact) mass is 164 g/mol. The van der Waals surface area contributed by atoms with Crippen LogP contribution in [0.15, 0.2) is 0 Å². The molecule has 1 rings (SSSR count). The molecule has 0 spiro atoms. The van der Waals surface area contributed by atoms with Crippen molar-refractivity contribution < 1.29 is 25.2 Å². The van der Waals surface area contributed by atoms with Gasteiger partial charge < -0.3 is 25.2 Å². The van der Waals surface area contributed by atoms with Crippen LogP contribution in [-0.2, 0) is 4.74 Å². The first kappa shape index (κ1) is 8.89. The summed E-state index contributed by atoms with van der Waals surface area (Å²) in [6.45, 7) is -0.407. The average molecular weight is 164 g/mol. The maximum absolute atomic E-state index is 9.11. The van der Waals surface area contributed by atoms with Crippen molar-refractivity contribution in [2.45, 2.75) is 31.0 Å². The third-order valence-corrected chi connectivity index (χ3v) is 1.73. The van der Waals surface area contributed by atoms with Gasteiger partial charge in [0, 0.05) is 6.42 Å². The van der Waals surface area contributed by atoms with Crippen LogP contribution >= 0.6 is 0 Å². The summed E-state index contributed by atoms with van der Waals surface area (Å²) in [4.78, 5) is 0. The smallest absolute Gasteiger partial charge is 0.157 e. The molecular formula is C6H12O5. The fourth-order valence-corrected chi connectivity index (χ4v) is 1.08. The van der Waals surface area contributed by atoms with E-state index >= 15 is 0 Å². The molecule has 4 atom stereocenters. The molecule has 1 aliphatic rings. The quantitative estimate of drug-likeness (QED) is 0.353. The molecule has 1 aliphatic heterocycles. The Morgan fingerprint density at radius 1 is 1.27 bits per heavy atom. The predicted octanol–water partition coefficient (Wildman–Crippen LogP) is -2.19. The van der Waals surface area contributed by atoms with Crippen LogP contribution in [-0.4, -0.2) is 51.6 Å². The number of rotatable bonds is 1. The summed E-state index contributed by atoms with van der Waals surface area (Å²) < 4.78 is 4.71. The lowest BCUT2D eigenvalue weighted by Gasteiger charge is -2.33. The van der Waals surface area contributed by atoms with E-state index in [9.17, 15) is 0 Å². The van der Waals surface area contributed by atoms with Gasteiger partial charge in [0.2, 0.25) is 0 Å². The van der Waals surface area contributed by atoms with Gasteiger partial charge in [-0.15, -0.1) is 0 Å². The second-order valence-corrected chi connectivity index (χ2v) is 2.61. The summed E-state index contributed by atoms with van der Waals surface area (Å²) in [5, 5.41) is 35.6. The molecule has 0 radical (unpaired) electrons. The minimum absolute atomic E-state index is 0.0162. The molecule has 0 aliphatic carbocycles. The lowest BCUT2D eigenvalue weighted by molar-refractivity contribution is -0.239. The van der Waals surface area contributed by atoms with E-state index in [1.54, 1.807) is 0 Å². The van der Waals surface area contributed by atoms with Crippen molar-refractivity contribution in [2.24, 2.45) is 0 Å². The van der Waals surface area contributed by atoms with E-state index < -0.39 is 31.2 Å². The third kappa shape index (κ3) is 1.88. The Balaban J connectivity index is 2.51. The van der Waals surface area contributed by atoms with Gasteiger partial charge in [0.05, 0.1) is 12.7 Å². The molecule has 0 aromatic rings. The number of ether oxygens (including phenoxy) is 1. The van der Waals surface area contributed by atoms with E-state index in [1.807, 2.05) is 0 Å². The Morgan fingerprint density at radius 2 is 1.91 bits per heavy atom. The molecule has 1 heterocycles. The molecule has 0 saturated carbocycles. The van der Waals surface area contributed by atoms with Crippen molar-refractivity contribution in [1.82, 2.24) is 0 Å². The van der Waals surface area contributed by atoms with Gasteiger partial charge in [0.25, 0.3) is 0 Å². The number of hydrogen-bond donors (Lipinski definition) is 4. The second-order valence-electron chi connectivity index (χ2n) is 2.61. The zero-order valence-electron chi connectivity index (χ0n) is 5.92. The largest absolute Gasteiger partial charge is 0.394 e. The van der Waals surface area contributed by atoms with E-state index in [-0.39, 0.29) is 6.42 Å². The summed E-state index contributed by atoms with van der Waals surface area (Å²) in [5.74, 6) is 0. The topological polar surface area (TPSA) is 90.2 Å². The zero-order valence-corrected chi connectivity index (χ0v) is 5.92. The molecule has 0 aromatic carbocycles. The van der Waals surface area contributed by atoms with Crippen molar-refractivity contribution in [3.8, 4) is 0 Å². The summed E-state index contributed by atoms with van der Waals surface area (Å²) >= 11 is 0. The van der Waals surface area contributed by atoms with Crippen molar-refractivity contribution in [1.29, 1.82) is 0 Å². The van der Waals surface area contributed by atoms with Crippen molar-refractivity contribution in [2.75, 3.05) is 6.61 Å². The minimum atomic E-state index is -1.11. The van der Waals surface area contributed by atoms with Crippen molar-refractivity contribution in [3.05, 3.63) is 0 Å². The van der Waals surface area contributed by atoms with Crippen LogP contribution < -0.4 is 0 Å². The van der Waals surface area contributed by atoms with Gasteiger partial charge in [0.15, 0.2) is 6.29 Å². The molecule has 0 unspecified atom stereocenters. The van der Waals surface area contributed by atoms with Crippen molar-refractivity contribution in [3.63, 3.8) is 0 Å². The molecular weight excluding hydrogens is 152 g/mol. The van der Waals surface area contributed by atoms with Crippen LogP contribution in [0.4, 0.5) is 0 Å². The van der Waals surface area contributed by atoms with Crippen LogP contribution in [0.25, 0.3) is 0 Å². The predicted molar refractivity (Wildman–Crippen MR) is 34.6 cm³/mol. The Hall–Kier alpha value is -0.200. The molecule has 1 saturated heterocycles. The molecule has 0 amide bonds. The Labute approximate surface area is 63.8 Å². The highest BCUT2D eigenvalue weighted by Crippen LogP contribution is 2.18. The van der Waals surface area contributed by atoms with E-state index in [0.29, 0.717) is 0 Å². The van der Waals surface area contributed by atoms with Gasteiger partial charge in [-0.25, -0.2) is 0 Å². The van der Waals surface area contributed by atoms with Gasteiger partial charge in [-0.3, -0.25) is 0 Å². The zero-order chi connectivity index (χ0) is 8.43. The highest BCUT2D eigenvalue weighted by atomic mass is 16.6. The van der Waals surface area contributed by atoms with Crippen molar-refractivity contribution >= 4 is 0 Å². The average Bonchev–Trinajstić information content (AvgIpc) is 1.96. The SMILES string of the molecule is OC[C@H]1O[C@H](O)C[C@H](O)[C@H]1O. The number of aliphatic hydroxyl groups is 4. The first-order chi connectivity index (χ1) is 5.15. The fourth-order valence-electron chi connectivity index (χ4n) is 1.08. The first-order valence-electron chi connectivity index (χ1n) is 3.45. The van der Waals surface area contributed by atoms with Crippen LogP contribution in [0, 0.1) is 0 Å². The highest BCUT2D eigenvalue weighted by Gasteiger charge is 2.35. The Bertz CT molecular complexity index is 128. The van der Waals surface area contributed by atoms with E-state index in [4.69, 9.17) is 25.2 Å². The van der Waals surface area contributed by atoms with Crippen LogP contribution in [0.2, 0.25) is 0 Å². The summed E-state index contributed by atoms with van der Waals surface area (Å²) in [7, 11) is 0. The third-order valence-electron chi connectivity index (χ3n) is 1.73. The first-order valence-corrected chi connectivity index (χ1v) is 3.45. The molecule has 1 fully saturated rings. The normalized spacial score (nSPS) is 45.8. The van der Waals surface area contributed by atoms with Gasteiger partial charge in [-0.1, -0.05) is 0 Å². The maximum Gasteiger partial charge on any atom is 0.157 e. The lowest BCUT2D eigenvalue weighted by Crippen LogP contribution is -2.49. The summed E-state index contributed by atoms with van der Waals surface area (Å²) in [6.07, 6.45) is -4.11. The fraction of sp³-hybridized carbons (Fsp3) is 1.00. The molecule has 66 valence electrons. The number of hydrogen-bond acceptors (Lipinski definition) is 5. The molecule has 4 N–H and O–H groups in total. The van der Waals surface area contributed by atoms with Gasteiger partial charge in [0.1, 0.15) is 12.2 Å². The summed E-state index contributed by atoms with van der Waals surface area (Å²) in [6, 6.07) is 0. The molecule has 0 aromatic heterocycles. The van der Waals surface area contributed by atoms with E-state index in [1.165, 1.54) is 0 Å². The lowest BCUT2D eigenvalue weighted by atomic mass is 10.0. The molecule has 5 heteroatoms. The van der Waals surface area contributed by atoms with Gasteiger partial charge in [-0.2, -0.15) is 0 Å². The number of aliphatic hydroxyl groups excluding tert-OH is 4. The minimum Gasteiger partial charge on any atom is -0.394 e. The Kier molecular flexibility index (Phi) is 2.80. The van der Waals surface area contributed by atoms with E-state index in [2.05, 4.69) is 0 Å². The molecule has 5 nitrogen and oxygen atoms in total. The van der Waals surface area contributed by atoms with Gasteiger partial charge in [-0.05, 0) is 0 Å². The van der Waals surface area contributed by atoms with Crippen LogP contribution in [0.1, 0.15) is 6.42 Å². The summed E-state index contributed by atoms with van der Waals surface area (Å²) in [5.41, 5.74) is 0. The van der Waals surface area contributed by atoms with Crippen LogP contribution in [0.5, 0.6) is 0 Å². The second kappa shape index (κ2) is 3.46.